The minimum Gasteiger partial charge on any atom is -0.377 e. The van der Waals surface area contributed by atoms with E-state index in [0.29, 0.717) is 34.9 Å². The van der Waals surface area contributed by atoms with Gasteiger partial charge in [-0.05, 0) is 44.0 Å². The van der Waals surface area contributed by atoms with E-state index in [2.05, 4.69) is 10.0 Å². The third-order valence-electron chi connectivity index (χ3n) is 6.04. The van der Waals surface area contributed by atoms with Gasteiger partial charge < -0.3 is 10.1 Å². The second kappa shape index (κ2) is 5.55. The number of hydrogen-bond acceptors (Lipinski definition) is 4. The maximum Gasteiger partial charge on any atom is 0.240 e. The van der Waals surface area contributed by atoms with Crippen LogP contribution in [0.25, 0.3) is 0 Å². The van der Waals surface area contributed by atoms with Crippen molar-refractivity contribution in [3.8, 4) is 0 Å². The Kier molecular flexibility index (Phi) is 3.76. The van der Waals surface area contributed by atoms with Crippen LogP contribution in [0.2, 0.25) is 0 Å². The highest BCUT2D eigenvalue weighted by Crippen LogP contribution is 2.62. The molecule has 5 nitrogen and oxygen atoms in total. The molecule has 1 aliphatic heterocycles. The zero-order valence-electron chi connectivity index (χ0n) is 13.4. The predicted octanol–water partition coefficient (Wildman–Crippen LogP) is 1.64. The topological polar surface area (TPSA) is 67.4 Å². The van der Waals surface area contributed by atoms with Crippen molar-refractivity contribution in [2.75, 3.05) is 13.7 Å². The van der Waals surface area contributed by atoms with Crippen LogP contribution in [0.5, 0.6) is 0 Å². The van der Waals surface area contributed by atoms with Crippen LogP contribution in [-0.2, 0) is 21.3 Å². The zero-order valence-corrected chi connectivity index (χ0v) is 14.2. The quantitative estimate of drug-likeness (QED) is 0.858. The van der Waals surface area contributed by atoms with Gasteiger partial charge in [0.1, 0.15) is 0 Å². The third kappa shape index (κ3) is 2.35. The molecular formula is C17H24N2O3S. The molecule has 3 atom stereocenters. The Labute approximate surface area is 137 Å². The van der Waals surface area contributed by atoms with Crippen molar-refractivity contribution in [3.05, 3.63) is 29.8 Å². The summed E-state index contributed by atoms with van der Waals surface area (Å²) in [5.74, 6) is 0.638. The molecular weight excluding hydrogens is 312 g/mol. The Balaban J connectivity index is 1.46. The fraction of sp³-hybridized carbons (Fsp3) is 0.647. The van der Waals surface area contributed by atoms with E-state index >= 15 is 0 Å². The summed E-state index contributed by atoms with van der Waals surface area (Å²) in [6.07, 6.45) is 5.45. The average Bonchev–Trinajstić information content (AvgIpc) is 2.91. The SMILES string of the molecule is CNS(=O)(=O)c1cccc(CN[C@@H]2[C@H]3CCO[C@H]3C23CCC3)c1. The first kappa shape index (κ1) is 15.6. The number of ether oxygens (including phenoxy) is 1. The van der Waals surface area contributed by atoms with Gasteiger partial charge in [0.25, 0.3) is 0 Å². The van der Waals surface area contributed by atoms with E-state index in [-0.39, 0.29) is 0 Å². The van der Waals surface area contributed by atoms with E-state index in [0.717, 1.165) is 18.6 Å². The van der Waals surface area contributed by atoms with Crippen LogP contribution in [0.15, 0.2) is 29.2 Å². The van der Waals surface area contributed by atoms with Crippen molar-refractivity contribution in [1.29, 1.82) is 0 Å². The maximum absolute atomic E-state index is 11.9. The minimum absolute atomic E-state index is 0.327. The normalized spacial score (nSPS) is 31.4. The standard InChI is InChI=1S/C17H24N2O3S/c1-18-23(20,21)13-5-2-4-12(10-13)11-19-15-14-6-9-22-16(14)17(15)7-3-8-17/h2,4-5,10,14-16,18-19H,3,6-9,11H2,1H3/t14-,15-,16-/m1/s1. The molecule has 2 saturated carbocycles. The van der Waals surface area contributed by atoms with Crippen molar-refractivity contribution in [3.63, 3.8) is 0 Å². The summed E-state index contributed by atoms with van der Waals surface area (Å²) >= 11 is 0. The summed E-state index contributed by atoms with van der Waals surface area (Å²) in [6, 6.07) is 7.70. The first-order chi connectivity index (χ1) is 11.1. The Morgan fingerprint density at radius 1 is 1.35 bits per heavy atom. The fourth-order valence-corrected chi connectivity index (χ4v) is 5.53. The smallest absolute Gasteiger partial charge is 0.240 e. The van der Waals surface area contributed by atoms with E-state index in [1.165, 1.54) is 26.3 Å². The summed E-state index contributed by atoms with van der Waals surface area (Å²) in [6.45, 7) is 1.61. The summed E-state index contributed by atoms with van der Waals surface area (Å²) in [7, 11) is -1.94. The largest absolute Gasteiger partial charge is 0.377 e. The molecule has 4 rings (SSSR count). The minimum atomic E-state index is -3.38. The summed E-state index contributed by atoms with van der Waals surface area (Å²) in [4.78, 5) is 0.327. The Bertz CT molecular complexity index is 700. The molecule has 0 radical (unpaired) electrons. The molecule has 0 amide bonds. The Hall–Kier alpha value is -0.950. The molecule has 0 aromatic heterocycles. The predicted molar refractivity (Wildman–Crippen MR) is 87.4 cm³/mol. The fourth-order valence-electron chi connectivity index (χ4n) is 4.73. The van der Waals surface area contributed by atoms with Gasteiger partial charge in [0.2, 0.25) is 10.0 Å². The molecule has 0 bridgehead atoms. The van der Waals surface area contributed by atoms with Crippen molar-refractivity contribution in [2.24, 2.45) is 11.3 Å². The number of rotatable bonds is 5. The maximum atomic E-state index is 11.9. The third-order valence-corrected chi connectivity index (χ3v) is 7.45. The van der Waals surface area contributed by atoms with Gasteiger partial charge in [0.15, 0.2) is 0 Å². The van der Waals surface area contributed by atoms with Gasteiger partial charge in [-0.1, -0.05) is 18.6 Å². The second-order valence-electron chi connectivity index (χ2n) is 7.04. The molecule has 1 aromatic rings. The number of fused-ring (bicyclic) bond motifs is 2. The first-order valence-corrected chi connectivity index (χ1v) is 9.93. The van der Waals surface area contributed by atoms with Gasteiger partial charge in [-0.3, -0.25) is 0 Å². The Morgan fingerprint density at radius 3 is 2.87 bits per heavy atom. The van der Waals surface area contributed by atoms with Gasteiger partial charge in [0.05, 0.1) is 11.0 Å². The number of benzene rings is 1. The van der Waals surface area contributed by atoms with Crippen LogP contribution in [0.4, 0.5) is 0 Å². The highest BCUT2D eigenvalue weighted by atomic mass is 32.2. The molecule has 1 aromatic carbocycles. The molecule has 1 heterocycles. The van der Waals surface area contributed by atoms with E-state index < -0.39 is 10.0 Å². The van der Waals surface area contributed by atoms with Crippen LogP contribution >= 0.6 is 0 Å². The zero-order chi connectivity index (χ0) is 16.1. The second-order valence-corrected chi connectivity index (χ2v) is 8.93. The Morgan fingerprint density at radius 2 is 2.17 bits per heavy atom. The lowest BCUT2D eigenvalue weighted by atomic mass is 9.46. The van der Waals surface area contributed by atoms with Crippen LogP contribution in [0.3, 0.4) is 0 Å². The van der Waals surface area contributed by atoms with Crippen molar-refractivity contribution in [1.82, 2.24) is 10.0 Å². The van der Waals surface area contributed by atoms with Crippen molar-refractivity contribution >= 4 is 10.0 Å². The van der Waals surface area contributed by atoms with Crippen molar-refractivity contribution < 1.29 is 13.2 Å². The van der Waals surface area contributed by atoms with E-state index in [9.17, 15) is 8.42 Å². The van der Waals surface area contributed by atoms with Gasteiger partial charge in [-0.2, -0.15) is 0 Å². The molecule has 126 valence electrons. The molecule has 2 N–H and O–H groups in total. The van der Waals surface area contributed by atoms with Crippen LogP contribution < -0.4 is 10.0 Å². The number of sulfonamides is 1. The van der Waals surface area contributed by atoms with Crippen molar-refractivity contribution in [2.45, 2.75) is 49.3 Å². The molecule has 2 aliphatic carbocycles. The van der Waals surface area contributed by atoms with E-state index in [1.807, 2.05) is 12.1 Å². The van der Waals surface area contributed by atoms with Gasteiger partial charge in [-0.15, -0.1) is 0 Å². The summed E-state index contributed by atoms with van der Waals surface area (Å²) in [5, 5.41) is 3.70. The van der Waals surface area contributed by atoms with Crippen LogP contribution in [0, 0.1) is 11.3 Å². The van der Waals surface area contributed by atoms with Crippen LogP contribution in [0.1, 0.15) is 31.2 Å². The molecule has 1 spiro atoms. The number of hydrogen-bond donors (Lipinski definition) is 2. The highest BCUT2D eigenvalue weighted by molar-refractivity contribution is 7.89. The van der Waals surface area contributed by atoms with Crippen LogP contribution in [-0.4, -0.2) is 34.2 Å². The first-order valence-electron chi connectivity index (χ1n) is 8.44. The lowest BCUT2D eigenvalue weighted by molar-refractivity contribution is -0.176. The van der Waals surface area contributed by atoms with Gasteiger partial charge in [0, 0.05) is 30.5 Å². The molecule has 6 heteroatoms. The highest BCUT2D eigenvalue weighted by Gasteiger charge is 2.66. The summed E-state index contributed by atoms with van der Waals surface area (Å²) in [5.41, 5.74) is 1.37. The lowest BCUT2D eigenvalue weighted by Gasteiger charge is -2.63. The monoisotopic (exact) mass is 336 g/mol. The molecule has 3 aliphatic rings. The molecule has 23 heavy (non-hydrogen) atoms. The van der Waals surface area contributed by atoms with E-state index in [1.54, 1.807) is 12.1 Å². The molecule has 1 saturated heterocycles. The van der Waals surface area contributed by atoms with Gasteiger partial charge in [-0.25, -0.2) is 13.1 Å². The van der Waals surface area contributed by atoms with E-state index in [4.69, 9.17) is 4.74 Å². The molecule has 0 unspecified atom stereocenters. The molecule has 3 fully saturated rings. The summed E-state index contributed by atoms with van der Waals surface area (Å²) < 4.78 is 32.1. The lowest BCUT2D eigenvalue weighted by Crippen LogP contribution is -2.70. The average molecular weight is 336 g/mol. The number of nitrogens with one attached hydrogen (secondary N) is 2. The van der Waals surface area contributed by atoms with Gasteiger partial charge >= 0.3 is 0 Å².